The van der Waals surface area contributed by atoms with Crippen molar-refractivity contribution in [3.63, 3.8) is 0 Å². The maximum atomic E-state index is 7.52. The summed E-state index contributed by atoms with van der Waals surface area (Å²) >= 11 is 0. The first-order valence-corrected chi connectivity index (χ1v) is 3.46. The molecule has 1 heteroatoms. The fourth-order valence-corrected chi connectivity index (χ4v) is 2.05. The molecule has 2 rings (SSSR count). The zero-order valence-electron chi connectivity index (χ0n) is 4.98. The molecule has 0 saturated heterocycles. The Morgan fingerprint density at radius 3 is 1.50 bits per heavy atom. The number of fused-ring (bicyclic) bond motifs is 2. The monoisotopic (exact) mass is 109 g/mol. The van der Waals surface area contributed by atoms with Crippen molar-refractivity contribution >= 4 is 5.71 Å². The zero-order chi connectivity index (χ0) is 5.56. The van der Waals surface area contributed by atoms with Crippen LogP contribution < -0.4 is 0 Å². The van der Waals surface area contributed by atoms with E-state index in [9.17, 15) is 0 Å². The molecule has 0 radical (unpaired) electrons. The van der Waals surface area contributed by atoms with E-state index in [2.05, 4.69) is 0 Å². The number of rotatable bonds is 0. The molecule has 2 saturated carbocycles. The van der Waals surface area contributed by atoms with Gasteiger partial charge in [-0.3, -0.25) is 0 Å². The van der Waals surface area contributed by atoms with Gasteiger partial charge in [0.15, 0.2) is 0 Å². The van der Waals surface area contributed by atoms with E-state index >= 15 is 0 Å². The van der Waals surface area contributed by atoms with Crippen LogP contribution in [-0.2, 0) is 0 Å². The molecule has 0 aromatic carbocycles. The third-order valence-electron chi connectivity index (χ3n) is 2.61. The summed E-state index contributed by atoms with van der Waals surface area (Å²) in [6.45, 7) is 0. The van der Waals surface area contributed by atoms with Crippen LogP contribution in [0, 0.1) is 17.2 Å². The molecule has 0 atom stereocenters. The lowest BCUT2D eigenvalue weighted by molar-refractivity contribution is 0.480. The second kappa shape index (κ2) is 1.34. The maximum absolute atomic E-state index is 7.52. The highest BCUT2D eigenvalue weighted by Gasteiger charge is 2.36. The first-order valence-electron chi connectivity index (χ1n) is 3.46. The lowest BCUT2D eigenvalue weighted by Crippen LogP contribution is -1.99. The molecular weight excluding hydrogens is 98.1 g/mol. The van der Waals surface area contributed by atoms with E-state index in [4.69, 9.17) is 5.41 Å². The average Bonchev–Trinajstić information content (AvgIpc) is 2.29. The van der Waals surface area contributed by atoms with Crippen LogP contribution in [0.3, 0.4) is 0 Å². The van der Waals surface area contributed by atoms with Crippen LogP contribution >= 0.6 is 0 Å². The summed E-state index contributed by atoms with van der Waals surface area (Å²) in [5, 5.41) is 7.52. The topological polar surface area (TPSA) is 23.9 Å². The number of nitrogens with one attached hydrogen (secondary N) is 1. The standard InChI is InChI=1S/C7H11N/c8-7-5-1-2-6(7)4-3-5/h5-6,8H,1-4H2. The van der Waals surface area contributed by atoms with Gasteiger partial charge in [0.1, 0.15) is 0 Å². The minimum atomic E-state index is 0.722. The fourth-order valence-electron chi connectivity index (χ4n) is 2.05. The lowest BCUT2D eigenvalue weighted by atomic mass is 10.0. The highest BCUT2D eigenvalue weighted by atomic mass is 14.6. The van der Waals surface area contributed by atoms with Crippen LogP contribution in [0.1, 0.15) is 25.7 Å². The Bertz CT molecular complexity index is 106. The average molecular weight is 109 g/mol. The van der Waals surface area contributed by atoms with E-state index in [1.54, 1.807) is 0 Å². The summed E-state index contributed by atoms with van der Waals surface area (Å²) in [4.78, 5) is 0. The Balaban J connectivity index is 2.28. The van der Waals surface area contributed by atoms with Gasteiger partial charge >= 0.3 is 0 Å². The van der Waals surface area contributed by atoms with Crippen LogP contribution in [0.4, 0.5) is 0 Å². The number of hydrogen-bond acceptors (Lipinski definition) is 1. The van der Waals surface area contributed by atoms with Crippen molar-refractivity contribution in [1.29, 1.82) is 5.41 Å². The van der Waals surface area contributed by atoms with Gasteiger partial charge in [-0.2, -0.15) is 0 Å². The zero-order valence-corrected chi connectivity index (χ0v) is 4.98. The molecule has 0 aliphatic heterocycles. The van der Waals surface area contributed by atoms with E-state index in [1.165, 1.54) is 25.7 Å². The first kappa shape index (κ1) is 4.54. The molecule has 2 fully saturated rings. The van der Waals surface area contributed by atoms with Gasteiger partial charge in [-0.05, 0) is 37.5 Å². The Morgan fingerprint density at radius 1 is 1.00 bits per heavy atom. The molecule has 0 spiro atoms. The predicted octanol–water partition coefficient (Wildman–Crippen LogP) is 1.83. The Morgan fingerprint density at radius 2 is 1.38 bits per heavy atom. The van der Waals surface area contributed by atoms with Crippen LogP contribution in [0.5, 0.6) is 0 Å². The molecule has 44 valence electrons. The summed E-state index contributed by atoms with van der Waals surface area (Å²) in [5.41, 5.74) is 1.07. The molecule has 0 unspecified atom stereocenters. The molecule has 2 bridgehead atoms. The van der Waals surface area contributed by atoms with Crippen LogP contribution in [-0.4, -0.2) is 5.71 Å². The summed E-state index contributed by atoms with van der Waals surface area (Å²) in [6, 6.07) is 0. The molecule has 0 amide bonds. The van der Waals surface area contributed by atoms with E-state index in [0.717, 1.165) is 17.5 Å². The highest BCUT2D eigenvalue weighted by molar-refractivity contribution is 5.89. The van der Waals surface area contributed by atoms with Crippen molar-refractivity contribution < 1.29 is 0 Å². The van der Waals surface area contributed by atoms with Gasteiger partial charge in [-0.15, -0.1) is 0 Å². The van der Waals surface area contributed by atoms with E-state index < -0.39 is 0 Å². The van der Waals surface area contributed by atoms with Gasteiger partial charge < -0.3 is 5.41 Å². The number of hydrogen-bond donors (Lipinski definition) is 1. The van der Waals surface area contributed by atoms with Gasteiger partial charge in [0.25, 0.3) is 0 Å². The maximum Gasteiger partial charge on any atom is 0.0151 e. The van der Waals surface area contributed by atoms with Crippen LogP contribution in [0.2, 0.25) is 0 Å². The predicted molar refractivity (Wildman–Crippen MR) is 33.2 cm³/mol. The third-order valence-corrected chi connectivity index (χ3v) is 2.61. The summed E-state index contributed by atoms with van der Waals surface area (Å²) < 4.78 is 0. The van der Waals surface area contributed by atoms with Crippen molar-refractivity contribution in [2.24, 2.45) is 11.8 Å². The molecule has 0 heterocycles. The van der Waals surface area contributed by atoms with Gasteiger partial charge in [0.2, 0.25) is 0 Å². The largest absolute Gasteiger partial charge is 0.309 e. The summed E-state index contributed by atoms with van der Waals surface area (Å²) in [7, 11) is 0. The van der Waals surface area contributed by atoms with E-state index in [-0.39, 0.29) is 0 Å². The highest BCUT2D eigenvalue weighted by Crippen LogP contribution is 2.41. The molecule has 2 aliphatic rings. The SMILES string of the molecule is N=C1C2CCC1CC2. The van der Waals surface area contributed by atoms with Crippen molar-refractivity contribution in [2.45, 2.75) is 25.7 Å². The van der Waals surface area contributed by atoms with E-state index in [1.807, 2.05) is 0 Å². The minimum absolute atomic E-state index is 0.722. The summed E-state index contributed by atoms with van der Waals surface area (Å²) in [6.07, 6.45) is 5.29. The Kier molecular flexibility index (Phi) is 0.758. The second-order valence-corrected chi connectivity index (χ2v) is 3.00. The van der Waals surface area contributed by atoms with Crippen molar-refractivity contribution in [3.8, 4) is 0 Å². The molecule has 1 N–H and O–H groups in total. The quantitative estimate of drug-likeness (QED) is 0.490. The van der Waals surface area contributed by atoms with Crippen molar-refractivity contribution in [2.75, 3.05) is 0 Å². The van der Waals surface area contributed by atoms with Gasteiger partial charge in [-0.25, -0.2) is 0 Å². The molecule has 2 aliphatic carbocycles. The fraction of sp³-hybridized carbons (Fsp3) is 0.857. The van der Waals surface area contributed by atoms with Gasteiger partial charge in [-0.1, -0.05) is 0 Å². The van der Waals surface area contributed by atoms with Crippen molar-refractivity contribution in [3.05, 3.63) is 0 Å². The molecule has 0 aromatic heterocycles. The third kappa shape index (κ3) is 0.396. The van der Waals surface area contributed by atoms with Crippen LogP contribution in [0.25, 0.3) is 0 Å². The van der Waals surface area contributed by atoms with Gasteiger partial charge in [0.05, 0.1) is 0 Å². The lowest BCUT2D eigenvalue weighted by Gasteiger charge is -2.03. The Hall–Kier alpha value is -0.330. The van der Waals surface area contributed by atoms with Crippen LogP contribution in [0.15, 0.2) is 0 Å². The van der Waals surface area contributed by atoms with E-state index in [0.29, 0.717) is 0 Å². The normalized spacial score (nSPS) is 43.8. The smallest absolute Gasteiger partial charge is 0.0151 e. The Labute approximate surface area is 49.6 Å². The minimum Gasteiger partial charge on any atom is -0.309 e. The first-order chi connectivity index (χ1) is 3.88. The summed E-state index contributed by atoms with van der Waals surface area (Å²) in [5.74, 6) is 1.44. The van der Waals surface area contributed by atoms with Crippen molar-refractivity contribution in [1.82, 2.24) is 0 Å². The molecule has 0 aromatic rings. The second-order valence-electron chi connectivity index (χ2n) is 3.00. The molecular formula is C7H11N. The molecule has 1 nitrogen and oxygen atoms in total. The van der Waals surface area contributed by atoms with Gasteiger partial charge in [0, 0.05) is 5.71 Å². The molecule has 8 heavy (non-hydrogen) atoms.